The van der Waals surface area contributed by atoms with E-state index in [1.807, 2.05) is 0 Å². The van der Waals surface area contributed by atoms with E-state index < -0.39 is 91.5 Å². The zero-order chi connectivity index (χ0) is 72.3. The highest BCUT2D eigenvalue weighted by Gasteiger charge is 2.29. The molecule has 5 atom stereocenters. The van der Waals surface area contributed by atoms with Gasteiger partial charge in [0.05, 0.1) is 26.4 Å². The van der Waals surface area contributed by atoms with Crippen LogP contribution >= 0.6 is 15.6 Å². The summed E-state index contributed by atoms with van der Waals surface area (Å²) in [5.74, 6) is -1.61. The molecule has 18 heteroatoms. The fourth-order valence-corrected chi connectivity index (χ4v) is 11.6. The van der Waals surface area contributed by atoms with E-state index in [-0.39, 0.29) is 19.3 Å². The first kappa shape index (κ1) is 94.7. The van der Waals surface area contributed by atoms with Crippen molar-refractivity contribution in [2.45, 2.75) is 322 Å². The molecule has 16 nitrogen and oxygen atoms in total. The van der Waals surface area contributed by atoms with E-state index in [0.29, 0.717) is 19.3 Å². The molecule has 0 aliphatic carbocycles. The van der Waals surface area contributed by atoms with Crippen molar-refractivity contribution in [3.8, 4) is 0 Å². The summed E-state index contributed by atoms with van der Waals surface area (Å²) in [7, 11) is -9.79. The largest absolute Gasteiger partial charge is 0.472 e. The first-order chi connectivity index (χ1) is 48.2. The van der Waals surface area contributed by atoms with Crippen LogP contribution in [0.15, 0.2) is 134 Å². The first-order valence-corrected chi connectivity index (χ1v) is 41.5. The molecule has 0 aliphatic rings. The van der Waals surface area contributed by atoms with E-state index in [1.54, 1.807) is 0 Å². The first-order valence-electron chi connectivity index (χ1n) is 38.5. The Kier molecular flexibility index (Phi) is 70.2. The van der Waals surface area contributed by atoms with E-state index in [1.165, 1.54) is 70.6 Å². The molecule has 4 N–H and O–H groups in total. The molecule has 0 amide bonds. The highest BCUT2D eigenvalue weighted by Crippen LogP contribution is 2.45. The van der Waals surface area contributed by atoms with Crippen molar-refractivity contribution in [1.29, 1.82) is 0 Å². The number of aliphatic hydroxyl groups excluding tert-OH is 2. The number of hydrogen-bond donors (Lipinski definition) is 4. The Morgan fingerprint density at radius 1 is 0.293 bits per heavy atom. The molecule has 0 aromatic heterocycles. The van der Waals surface area contributed by atoms with Gasteiger partial charge in [-0.1, -0.05) is 283 Å². The predicted octanol–water partition coefficient (Wildman–Crippen LogP) is 22.3. The van der Waals surface area contributed by atoms with Gasteiger partial charge < -0.3 is 34.2 Å². The second-order valence-corrected chi connectivity index (χ2v) is 28.3. The topological polar surface area (TPSA) is 231 Å². The Labute approximate surface area is 601 Å². The van der Waals surface area contributed by atoms with E-state index in [4.69, 9.17) is 32.3 Å². The molecule has 0 aromatic rings. The van der Waals surface area contributed by atoms with Gasteiger partial charge in [0.2, 0.25) is 0 Å². The zero-order valence-corrected chi connectivity index (χ0v) is 63.7. The summed E-state index contributed by atoms with van der Waals surface area (Å²) in [6.07, 6.45) is 87.9. The van der Waals surface area contributed by atoms with Crippen LogP contribution in [0.5, 0.6) is 0 Å². The summed E-state index contributed by atoms with van der Waals surface area (Å²) < 4.78 is 61.0. The Hall–Kier alpha value is -4.31. The number of carbonyl (C=O) groups is 3. The maximum Gasteiger partial charge on any atom is 0.472 e. The standard InChI is InChI=1S/C81H138O16P2/c1-4-7-10-13-16-19-22-25-27-29-31-32-33-34-35-36-37-38-39-40-41-42-44-46-47-50-52-55-58-61-64-67-79(84)91-70-76(82)71-93-98(87,88)94-72-77(83)73-95-99(89,90)96-75-78(97-81(86)69-66-63-60-57-54-49-24-21-18-15-12-9-6-3)74-92-80(85)68-65-62-59-56-53-51-48-45-43-30-28-26-23-20-17-14-11-8-5-2/h7,10,12,15-17,19-21,24-28,31-32,34-35,37-38,43,45,76-78,82-83H,4-6,8-9,11,13-14,18,22-23,29-30,33,36,39-42,44,46-75H2,1-3H3,(H,87,88)(H,89,90)/b10-7-,15-12-,19-16-,20-17-,24-21-,27-25-,28-26-,32-31-,35-34-,38-37-,45-43-. The van der Waals surface area contributed by atoms with E-state index in [9.17, 15) is 43.5 Å². The van der Waals surface area contributed by atoms with Crippen LogP contribution in [0.25, 0.3) is 0 Å². The number of phosphoric acid groups is 2. The highest BCUT2D eigenvalue weighted by molar-refractivity contribution is 7.47. The van der Waals surface area contributed by atoms with E-state index >= 15 is 0 Å². The molecule has 0 radical (unpaired) electrons. The maximum atomic E-state index is 12.9. The molecule has 0 heterocycles. The normalized spacial score (nSPS) is 14.8. The van der Waals surface area contributed by atoms with Gasteiger partial charge in [-0.25, -0.2) is 9.13 Å². The third-order valence-electron chi connectivity index (χ3n) is 15.8. The number of ether oxygens (including phenoxy) is 3. The van der Waals surface area contributed by atoms with Crippen molar-refractivity contribution < 1.29 is 75.8 Å². The van der Waals surface area contributed by atoms with Crippen LogP contribution in [0, 0.1) is 0 Å². The van der Waals surface area contributed by atoms with Crippen LogP contribution in [0.3, 0.4) is 0 Å². The molecule has 0 fully saturated rings. The number of phosphoric ester groups is 2. The van der Waals surface area contributed by atoms with Gasteiger partial charge in [-0.2, -0.15) is 0 Å². The molecule has 0 spiro atoms. The Morgan fingerprint density at radius 3 is 0.889 bits per heavy atom. The van der Waals surface area contributed by atoms with Crippen LogP contribution in [0.4, 0.5) is 0 Å². The fraction of sp³-hybridized carbons (Fsp3) is 0.691. The quantitative estimate of drug-likeness (QED) is 0.0146. The Bertz CT molecular complexity index is 2330. The lowest BCUT2D eigenvalue weighted by molar-refractivity contribution is -0.161. The lowest BCUT2D eigenvalue weighted by atomic mass is 10.0. The second-order valence-electron chi connectivity index (χ2n) is 25.4. The summed E-state index contributed by atoms with van der Waals surface area (Å²) in [5, 5.41) is 20.6. The number of rotatable bonds is 72. The van der Waals surface area contributed by atoms with Gasteiger partial charge in [0.25, 0.3) is 0 Å². The maximum absolute atomic E-state index is 12.9. The van der Waals surface area contributed by atoms with Crippen molar-refractivity contribution in [2.24, 2.45) is 0 Å². The minimum absolute atomic E-state index is 0.0833. The third kappa shape index (κ3) is 74.7. The fourth-order valence-electron chi connectivity index (χ4n) is 9.97. The van der Waals surface area contributed by atoms with Crippen LogP contribution in [-0.4, -0.2) is 95.9 Å². The molecule has 99 heavy (non-hydrogen) atoms. The van der Waals surface area contributed by atoms with E-state index in [0.717, 1.165) is 173 Å². The molecule has 0 aliphatic heterocycles. The highest BCUT2D eigenvalue weighted by atomic mass is 31.2. The molecular formula is C81H138O16P2. The minimum atomic E-state index is -4.93. The van der Waals surface area contributed by atoms with Gasteiger partial charge in [0, 0.05) is 19.3 Å². The van der Waals surface area contributed by atoms with Gasteiger partial charge in [-0.05, 0) is 135 Å². The molecule has 0 rings (SSSR count). The number of esters is 3. The summed E-state index contributed by atoms with van der Waals surface area (Å²) in [6, 6.07) is 0. The van der Waals surface area contributed by atoms with Crippen LogP contribution in [0.2, 0.25) is 0 Å². The van der Waals surface area contributed by atoms with Gasteiger partial charge >= 0.3 is 33.6 Å². The van der Waals surface area contributed by atoms with Crippen LogP contribution in [-0.2, 0) is 55.8 Å². The predicted molar refractivity (Wildman–Crippen MR) is 408 cm³/mol. The van der Waals surface area contributed by atoms with Gasteiger partial charge in [-0.3, -0.25) is 32.5 Å². The zero-order valence-electron chi connectivity index (χ0n) is 61.9. The molecule has 0 saturated carbocycles. The lowest BCUT2D eigenvalue weighted by Crippen LogP contribution is -2.30. The van der Waals surface area contributed by atoms with Crippen molar-refractivity contribution in [3.63, 3.8) is 0 Å². The Balaban J connectivity index is 4.47. The molecule has 0 saturated heterocycles. The van der Waals surface area contributed by atoms with Crippen molar-refractivity contribution in [2.75, 3.05) is 39.6 Å². The molecular weight excluding hydrogens is 1290 g/mol. The second kappa shape index (κ2) is 73.4. The van der Waals surface area contributed by atoms with Crippen molar-refractivity contribution in [3.05, 3.63) is 134 Å². The minimum Gasteiger partial charge on any atom is -0.463 e. The molecule has 568 valence electrons. The number of carbonyl (C=O) groups excluding carboxylic acids is 3. The lowest BCUT2D eigenvalue weighted by Gasteiger charge is -2.21. The monoisotopic (exact) mass is 1430 g/mol. The van der Waals surface area contributed by atoms with Crippen molar-refractivity contribution >= 4 is 33.6 Å². The van der Waals surface area contributed by atoms with Gasteiger partial charge in [0.15, 0.2) is 6.10 Å². The SMILES string of the molecule is CC/C=C\C/C=C\C/C=C\C/C=C\C/C=C\C/C=C\CCCCCCCCCCCCCCC(=O)OCC(O)COP(=O)(O)OCC(O)COP(=O)(O)OCC(COC(=O)CCCCCCCC/C=C\C/C=C\C/C=C\CCCCC)OC(=O)CCCCCCC/C=C\C/C=C\CCC. The molecule has 0 bridgehead atoms. The van der Waals surface area contributed by atoms with Gasteiger partial charge in [-0.15, -0.1) is 0 Å². The smallest absolute Gasteiger partial charge is 0.463 e. The summed E-state index contributed by atoms with van der Waals surface area (Å²) in [6.45, 7) is 2.44. The molecule has 5 unspecified atom stereocenters. The van der Waals surface area contributed by atoms with Crippen LogP contribution in [0.1, 0.15) is 303 Å². The summed E-state index contributed by atoms with van der Waals surface area (Å²) in [5.41, 5.74) is 0. The number of unbranched alkanes of at least 4 members (excludes halogenated alkanes) is 27. The molecule has 0 aromatic carbocycles. The number of hydrogen-bond acceptors (Lipinski definition) is 14. The average Bonchev–Trinajstić information content (AvgIpc) is 1.02. The van der Waals surface area contributed by atoms with Crippen molar-refractivity contribution in [1.82, 2.24) is 0 Å². The average molecular weight is 1430 g/mol. The van der Waals surface area contributed by atoms with Gasteiger partial charge in [0.1, 0.15) is 25.4 Å². The number of allylic oxidation sites excluding steroid dienone is 22. The van der Waals surface area contributed by atoms with Crippen LogP contribution < -0.4 is 0 Å². The van der Waals surface area contributed by atoms with E-state index in [2.05, 4.69) is 154 Å². The summed E-state index contributed by atoms with van der Waals surface area (Å²) in [4.78, 5) is 58.5. The number of aliphatic hydroxyl groups is 2. The summed E-state index contributed by atoms with van der Waals surface area (Å²) >= 11 is 0. The Morgan fingerprint density at radius 2 is 0.556 bits per heavy atom. The third-order valence-corrected chi connectivity index (χ3v) is 17.7.